The third-order valence-electron chi connectivity index (χ3n) is 2.76. The fourth-order valence-electron chi connectivity index (χ4n) is 1.67. The minimum Gasteiger partial charge on any atom is -0.497 e. The summed E-state index contributed by atoms with van der Waals surface area (Å²) in [5.74, 6) is 0.491. The van der Waals surface area contributed by atoms with Crippen LogP contribution in [0.5, 0.6) is 5.75 Å². The van der Waals surface area contributed by atoms with Gasteiger partial charge in [0.1, 0.15) is 5.75 Å². The summed E-state index contributed by atoms with van der Waals surface area (Å²) in [6, 6.07) is 13.4. The second kappa shape index (κ2) is 6.26. The van der Waals surface area contributed by atoms with E-state index >= 15 is 0 Å². The lowest BCUT2D eigenvalue weighted by Crippen LogP contribution is -2.23. The maximum atomic E-state index is 12.2. The largest absolute Gasteiger partial charge is 0.497 e. The molecule has 0 unspecified atom stereocenters. The molecule has 0 heterocycles. The highest BCUT2D eigenvalue weighted by Crippen LogP contribution is 2.18. The molecule has 0 bridgehead atoms. The van der Waals surface area contributed by atoms with E-state index in [0.29, 0.717) is 10.8 Å². The van der Waals surface area contributed by atoms with E-state index in [1.165, 1.54) is 19.2 Å². The molecule has 0 aromatic heterocycles. The van der Waals surface area contributed by atoms with Crippen molar-refractivity contribution in [2.45, 2.75) is 11.4 Å². The number of halogens is 1. The summed E-state index contributed by atoms with van der Waals surface area (Å²) in [5.41, 5.74) is 0.723. The number of benzene rings is 2. The molecule has 4 nitrogen and oxygen atoms in total. The molecule has 0 aliphatic carbocycles. The maximum Gasteiger partial charge on any atom is 0.241 e. The average molecular weight is 312 g/mol. The van der Waals surface area contributed by atoms with Crippen LogP contribution in [0.25, 0.3) is 0 Å². The fraction of sp³-hybridized carbons (Fsp3) is 0.143. The quantitative estimate of drug-likeness (QED) is 0.924. The van der Waals surface area contributed by atoms with Gasteiger partial charge >= 0.3 is 0 Å². The molecule has 0 spiro atoms. The SMILES string of the molecule is COc1cccc(S(=O)(=O)NCc2ccccc2Cl)c1. The van der Waals surface area contributed by atoms with Crippen molar-refractivity contribution in [2.24, 2.45) is 0 Å². The first-order chi connectivity index (χ1) is 9.53. The van der Waals surface area contributed by atoms with E-state index < -0.39 is 10.0 Å². The summed E-state index contributed by atoms with van der Waals surface area (Å²) in [7, 11) is -2.11. The summed E-state index contributed by atoms with van der Waals surface area (Å²) in [5, 5.41) is 0.529. The molecule has 2 rings (SSSR count). The number of hydrogen-bond donors (Lipinski definition) is 1. The summed E-state index contributed by atoms with van der Waals surface area (Å²) in [6.07, 6.45) is 0. The van der Waals surface area contributed by atoms with Crippen molar-refractivity contribution in [2.75, 3.05) is 7.11 Å². The van der Waals surface area contributed by atoms with Crippen LogP contribution in [0.1, 0.15) is 5.56 Å². The van der Waals surface area contributed by atoms with Gasteiger partial charge in [-0.25, -0.2) is 13.1 Å². The van der Waals surface area contributed by atoms with Crippen LogP contribution in [0.15, 0.2) is 53.4 Å². The molecule has 20 heavy (non-hydrogen) atoms. The minimum absolute atomic E-state index is 0.138. The van der Waals surface area contributed by atoms with Crippen molar-refractivity contribution >= 4 is 21.6 Å². The first-order valence-electron chi connectivity index (χ1n) is 5.90. The lowest BCUT2D eigenvalue weighted by molar-refractivity contribution is 0.413. The zero-order chi connectivity index (χ0) is 14.6. The summed E-state index contributed by atoms with van der Waals surface area (Å²) in [4.78, 5) is 0.156. The van der Waals surface area contributed by atoms with Crippen LogP contribution in [0.4, 0.5) is 0 Å². The van der Waals surface area contributed by atoms with Crippen molar-refractivity contribution in [3.63, 3.8) is 0 Å². The van der Waals surface area contributed by atoms with E-state index in [-0.39, 0.29) is 11.4 Å². The summed E-state index contributed by atoms with van der Waals surface area (Å²) < 4.78 is 31.9. The monoisotopic (exact) mass is 311 g/mol. The highest BCUT2D eigenvalue weighted by molar-refractivity contribution is 7.89. The van der Waals surface area contributed by atoms with E-state index in [1.54, 1.807) is 36.4 Å². The third-order valence-corrected chi connectivity index (χ3v) is 4.53. The lowest BCUT2D eigenvalue weighted by atomic mass is 10.2. The Bertz CT molecular complexity index is 701. The predicted octanol–water partition coefficient (Wildman–Crippen LogP) is 2.83. The number of hydrogen-bond acceptors (Lipinski definition) is 3. The molecule has 0 aliphatic heterocycles. The van der Waals surface area contributed by atoms with Crippen LogP contribution in [-0.2, 0) is 16.6 Å². The fourth-order valence-corrected chi connectivity index (χ4v) is 2.91. The van der Waals surface area contributed by atoms with Crippen molar-refractivity contribution < 1.29 is 13.2 Å². The highest BCUT2D eigenvalue weighted by Gasteiger charge is 2.14. The molecule has 0 fully saturated rings. The molecular weight excluding hydrogens is 298 g/mol. The zero-order valence-electron chi connectivity index (χ0n) is 10.8. The van der Waals surface area contributed by atoms with Crippen LogP contribution in [0, 0.1) is 0 Å². The van der Waals surface area contributed by atoms with E-state index in [2.05, 4.69) is 4.72 Å². The van der Waals surface area contributed by atoms with Crippen LogP contribution >= 0.6 is 11.6 Å². The van der Waals surface area contributed by atoms with Gasteiger partial charge < -0.3 is 4.74 Å². The third kappa shape index (κ3) is 3.50. The lowest BCUT2D eigenvalue weighted by Gasteiger charge is -2.09. The second-order valence-electron chi connectivity index (χ2n) is 4.09. The average Bonchev–Trinajstić information content (AvgIpc) is 2.46. The van der Waals surface area contributed by atoms with Crippen LogP contribution in [0.2, 0.25) is 5.02 Å². The Morgan fingerprint density at radius 1 is 1.15 bits per heavy atom. The summed E-state index contributed by atoms with van der Waals surface area (Å²) >= 11 is 5.99. The van der Waals surface area contributed by atoms with Gasteiger partial charge in [-0.15, -0.1) is 0 Å². The summed E-state index contributed by atoms with van der Waals surface area (Å²) in [6.45, 7) is 0.138. The molecule has 0 saturated carbocycles. The van der Waals surface area contributed by atoms with Crippen LogP contribution in [0.3, 0.4) is 0 Å². The number of rotatable bonds is 5. The molecule has 6 heteroatoms. The Kier molecular flexibility index (Phi) is 4.65. The second-order valence-corrected chi connectivity index (χ2v) is 6.27. The maximum absolute atomic E-state index is 12.2. The van der Waals surface area contributed by atoms with Crippen molar-refractivity contribution in [3.05, 3.63) is 59.1 Å². The first kappa shape index (κ1) is 14.8. The van der Waals surface area contributed by atoms with Gasteiger partial charge in [0.2, 0.25) is 10.0 Å². The first-order valence-corrected chi connectivity index (χ1v) is 7.76. The Balaban J connectivity index is 2.17. The highest BCUT2D eigenvalue weighted by atomic mass is 35.5. The molecule has 106 valence electrons. The normalized spacial score (nSPS) is 11.3. The van der Waals surface area contributed by atoms with Gasteiger partial charge in [0.15, 0.2) is 0 Å². The standard InChI is InChI=1S/C14H14ClNO3S/c1-19-12-6-4-7-13(9-12)20(17,18)16-10-11-5-2-3-8-14(11)15/h2-9,16H,10H2,1H3. The number of methoxy groups -OCH3 is 1. The molecular formula is C14H14ClNO3S. The molecule has 0 atom stereocenters. The Morgan fingerprint density at radius 2 is 1.90 bits per heavy atom. The number of ether oxygens (including phenoxy) is 1. The molecule has 2 aromatic rings. The predicted molar refractivity (Wildman–Crippen MR) is 78.5 cm³/mol. The van der Waals surface area contributed by atoms with Gasteiger partial charge in [-0.3, -0.25) is 0 Å². The molecule has 0 amide bonds. The van der Waals surface area contributed by atoms with E-state index in [4.69, 9.17) is 16.3 Å². The van der Waals surface area contributed by atoms with Gasteiger partial charge in [0.25, 0.3) is 0 Å². The molecule has 1 N–H and O–H groups in total. The van der Waals surface area contributed by atoms with Crippen LogP contribution < -0.4 is 9.46 Å². The molecule has 0 radical (unpaired) electrons. The number of nitrogens with one attached hydrogen (secondary N) is 1. The minimum atomic E-state index is -3.60. The van der Waals surface area contributed by atoms with Gasteiger partial charge in [-0.05, 0) is 23.8 Å². The van der Waals surface area contributed by atoms with Crippen molar-refractivity contribution in [1.82, 2.24) is 4.72 Å². The smallest absolute Gasteiger partial charge is 0.241 e. The molecule has 0 saturated heterocycles. The topological polar surface area (TPSA) is 55.4 Å². The Labute approximate surface area is 123 Å². The van der Waals surface area contributed by atoms with E-state index in [9.17, 15) is 8.42 Å². The van der Waals surface area contributed by atoms with Gasteiger partial charge in [-0.2, -0.15) is 0 Å². The Hall–Kier alpha value is -1.56. The van der Waals surface area contributed by atoms with Gasteiger partial charge in [0.05, 0.1) is 12.0 Å². The van der Waals surface area contributed by atoms with Crippen molar-refractivity contribution in [3.8, 4) is 5.75 Å². The molecule has 2 aromatic carbocycles. The zero-order valence-corrected chi connectivity index (χ0v) is 12.4. The van der Waals surface area contributed by atoms with Crippen LogP contribution in [-0.4, -0.2) is 15.5 Å². The molecule has 0 aliphatic rings. The van der Waals surface area contributed by atoms with Gasteiger partial charge in [-0.1, -0.05) is 35.9 Å². The van der Waals surface area contributed by atoms with Crippen molar-refractivity contribution in [1.29, 1.82) is 0 Å². The van der Waals surface area contributed by atoms with Gasteiger partial charge in [0, 0.05) is 17.6 Å². The number of sulfonamides is 1. The van der Waals surface area contributed by atoms with E-state index in [1.807, 2.05) is 0 Å². The Morgan fingerprint density at radius 3 is 2.60 bits per heavy atom. The van der Waals surface area contributed by atoms with E-state index in [0.717, 1.165) is 5.56 Å².